The van der Waals surface area contributed by atoms with E-state index in [1.54, 1.807) is 4.57 Å². The molecule has 0 radical (unpaired) electrons. The van der Waals surface area contributed by atoms with E-state index < -0.39 is 0 Å². The molecule has 0 fully saturated rings. The highest BCUT2D eigenvalue weighted by Crippen LogP contribution is 2.00. The highest BCUT2D eigenvalue weighted by Gasteiger charge is 2.08. The van der Waals surface area contributed by atoms with Gasteiger partial charge in [0.2, 0.25) is 0 Å². The van der Waals surface area contributed by atoms with Crippen LogP contribution in [0.25, 0.3) is 12.2 Å². The Bertz CT molecular complexity index is 753. The number of aromatic nitrogens is 1. The number of rotatable bonds is 2. The van der Waals surface area contributed by atoms with E-state index in [9.17, 15) is 4.79 Å². The van der Waals surface area contributed by atoms with Gasteiger partial charge >= 0.3 is 0 Å². The average molecular weight is 256 g/mol. The van der Waals surface area contributed by atoms with Gasteiger partial charge in [0.05, 0.1) is 11.1 Å². The van der Waals surface area contributed by atoms with Crippen molar-refractivity contribution in [2.24, 2.45) is 4.99 Å². The molecule has 1 aliphatic heterocycles. The summed E-state index contributed by atoms with van der Waals surface area (Å²) in [6.45, 7) is 1.46. The smallest absolute Gasteiger partial charge is 0.270 e. The van der Waals surface area contributed by atoms with Gasteiger partial charge in [0, 0.05) is 6.54 Å². The predicted octanol–water partition coefficient (Wildman–Crippen LogP) is 1.04. The highest BCUT2D eigenvalue weighted by atomic mass is 32.1. The standard InChI is InChI=1S/C14H12N2OS/c17-13-12(18-14-15-9-10-16(13)14)8-4-7-11-5-2-1-3-6-11/h1-8H,9-10H2/b7-4+,12-8+. The molecule has 0 aliphatic carbocycles. The zero-order valence-electron chi connectivity index (χ0n) is 9.74. The highest BCUT2D eigenvalue weighted by molar-refractivity contribution is 7.07. The van der Waals surface area contributed by atoms with Crippen molar-refractivity contribution >= 4 is 23.5 Å². The number of fused-ring (bicyclic) bond motifs is 1. The van der Waals surface area contributed by atoms with Gasteiger partial charge in [0.15, 0.2) is 4.80 Å². The van der Waals surface area contributed by atoms with Crippen LogP contribution in [0.5, 0.6) is 0 Å². The van der Waals surface area contributed by atoms with Crippen molar-refractivity contribution in [2.75, 3.05) is 6.54 Å². The van der Waals surface area contributed by atoms with E-state index in [2.05, 4.69) is 4.99 Å². The van der Waals surface area contributed by atoms with Crippen LogP contribution in [0.2, 0.25) is 0 Å². The quantitative estimate of drug-likeness (QED) is 0.790. The van der Waals surface area contributed by atoms with E-state index in [1.807, 2.05) is 48.6 Å². The Hall–Kier alpha value is -1.94. The average Bonchev–Trinajstić information content (AvgIpc) is 2.96. The third-order valence-corrected chi connectivity index (χ3v) is 3.86. The fourth-order valence-electron chi connectivity index (χ4n) is 1.89. The molecular formula is C14H12N2OS. The van der Waals surface area contributed by atoms with Gasteiger partial charge in [0.1, 0.15) is 0 Å². The molecule has 0 amide bonds. The summed E-state index contributed by atoms with van der Waals surface area (Å²) in [5.74, 6) is 0. The van der Waals surface area contributed by atoms with Gasteiger partial charge in [0.25, 0.3) is 5.56 Å². The molecule has 1 aliphatic rings. The first-order valence-electron chi connectivity index (χ1n) is 5.82. The van der Waals surface area contributed by atoms with E-state index in [0.29, 0.717) is 0 Å². The SMILES string of the molecule is O=c1/c(=C\C=C\c2ccccc2)sc2n1CCN=2. The fourth-order valence-corrected chi connectivity index (χ4v) is 2.87. The molecule has 0 atom stereocenters. The monoisotopic (exact) mass is 256 g/mol. The molecule has 1 aromatic heterocycles. The summed E-state index contributed by atoms with van der Waals surface area (Å²) in [5.41, 5.74) is 1.21. The molecule has 3 rings (SSSR count). The minimum absolute atomic E-state index is 0.0777. The first kappa shape index (κ1) is 11.2. The third-order valence-electron chi connectivity index (χ3n) is 2.79. The number of thiazole rings is 1. The number of hydrogen-bond acceptors (Lipinski definition) is 3. The summed E-state index contributed by atoms with van der Waals surface area (Å²) >= 11 is 1.46. The minimum atomic E-state index is 0.0777. The number of hydrogen-bond donors (Lipinski definition) is 0. The van der Waals surface area contributed by atoms with E-state index in [4.69, 9.17) is 0 Å². The second kappa shape index (κ2) is 4.74. The van der Waals surface area contributed by atoms with Crippen LogP contribution in [0, 0.1) is 0 Å². The van der Waals surface area contributed by atoms with Gasteiger partial charge in [-0.3, -0.25) is 14.4 Å². The molecule has 0 spiro atoms. The van der Waals surface area contributed by atoms with Gasteiger partial charge < -0.3 is 0 Å². The van der Waals surface area contributed by atoms with E-state index in [0.717, 1.165) is 28.0 Å². The molecule has 0 saturated heterocycles. The Morgan fingerprint density at radius 1 is 1.28 bits per heavy atom. The van der Waals surface area contributed by atoms with E-state index >= 15 is 0 Å². The third kappa shape index (κ3) is 2.07. The summed E-state index contributed by atoms with van der Waals surface area (Å²) in [4.78, 5) is 17.1. The molecule has 2 aromatic rings. The number of nitrogens with zero attached hydrogens (tertiary/aromatic N) is 2. The summed E-state index contributed by atoms with van der Waals surface area (Å²) in [6.07, 6.45) is 5.77. The Balaban J connectivity index is 1.95. The largest absolute Gasteiger partial charge is 0.282 e. The summed E-state index contributed by atoms with van der Waals surface area (Å²) in [7, 11) is 0. The molecule has 0 unspecified atom stereocenters. The molecule has 4 heteroatoms. The fraction of sp³-hybridized carbons (Fsp3) is 0.143. The van der Waals surface area contributed by atoms with Crippen molar-refractivity contribution in [2.45, 2.75) is 6.54 Å². The van der Waals surface area contributed by atoms with Crippen molar-refractivity contribution in [3.63, 3.8) is 0 Å². The maximum atomic E-state index is 12.0. The Labute approximate surface area is 108 Å². The van der Waals surface area contributed by atoms with Crippen LogP contribution in [0.15, 0.2) is 46.2 Å². The lowest BCUT2D eigenvalue weighted by molar-refractivity contribution is 0.740. The first-order chi connectivity index (χ1) is 8.84. The van der Waals surface area contributed by atoms with Crippen molar-refractivity contribution in [1.29, 1.82) is 0 Å². The van der Waals surface area contributed by atoms with Crippen LogP contribution in [0.3, 0.4) is 0 Å². The van der Waals surface area contributed by atoms with Crippen molar-refractivity contribution in [1.82, 2.24) is 4.57 Å². The Kier molecular flexibility index (Phi) is 2.94. The molecule has 0 N–H and O–H groups in total. The van der Waals surface area contributed by atoms with E-state index in [1.165, 1.54) is 11.3 Å². The zero-order chi connectivity index (χ0) is 12.4. The van der Waals surface area contributed by atoms with Crippen LogP contribution in [0.4, 0.5) is 0 Å². The lowest BCUT2D eigenvalue weighted by Crippen LogP contribution is -2.29. The van der Waals surface area contributed by atoms with Gasteiger partial charge in [-0.25, -0.2) is 0 Å². The summed E-state index contributed by atoms with van der Waals surface area (Å²) in [6, 6.07) is 10.0. The van der Waals surface area contributed by atoms with Crippen LogP contribution >= 0.6 is 11.3 Å². The second-order valence-electron chi connectivity index (χ2n) is 4.02. The van der Waals surface area contributed by atoms with E-state index in [-0.39, 0.29) is 5.56 Å². The molecule has 3 nitrogen and oxygen atoms in total. The zero-order valence-corrected chi connectivity index (χ0v) is 10.6. The van der Waals surface area contributed by atoms with Crippen LogP contribution in [0.1, 0.15) is 5.56 Å². The second-order valence-corrected chi connectivity index (χ2v) is 5.03. The molecule has 0 bridgehead atoms. The molecule has 1 aromatic carbocycles. The maximum absolute atomic E-state index is 12.0. The first-order valence-corrected chi connectivity index (χ1v) is 6.64. The Morgan fingerprint density at radius 3 is 2.89 bits per heavy atom. The number of allylic oxidation sites excluding steroid dienone is 1. The predicted molar refractivity (Wildman–Crippen MR) is 74.2 cm³/mol. The van der Waals surface area contributed by atoms with Crippen molar-refractivity contribution in [3.8, 4) is 0 Å². The minimum Gasteiger partial charge on any atom is -0.282 e. The molecule has 18 heavy (non-hydrogen) atoms. The van der Waals surface area contributed by atoms with Gasteiger partial charge in [-0.15, -0.1) is 0 Å². The van der Waals surface area contributed by atoms with Gasteiger partial charge in [-0.05, 0) is 11.6 Å². The van der Waals surface area contributed by atoms with Crippen molar-refractivity contribution in [3.05, 3.63) is 61.7 Å². The van der Waals surface area contributed by atoms with Gasteiger partial charge in [-0.1, -0.05) is 53.8 Å². The number of benzene rings is 1. The Morgan fingerprint density at radius 2 is 2.11 bits per heavy atom. The van der Waals surface area contributed by atoms with Gasteiger partial charge in [-0.2, -0.15) is 0 Å². The normalized spacial score (nSPS) is 15.0. The molecule has 0 saturated carbocycles. The maximum Gasteiger partial charge on any atom is 0.270 e. The molecule has 2 heterocycles. The summed E-state index contributed by atoms with van der Waals surface area (Å²) < 4.78 is 2.49. The van der Waals surface area contributed by atoms with Crippen molar-refractivity contribution < 1.29 is 0 Å². The van der Waals surface area contributed by atoms with Crippen LogP contribution in [-0.4, -0.2) is 11.1 Å². The van der Waals surface area contributed by atoms with Crippen LogP contribution in [-0.2, 0) is 6.54 Å². The topological polar surface area (TPSA) is 34.4 Å². The van der Waals surface area contributed by atoms with Crippen LogP contribution < -0.4 is 14.9 Å². The lowest BCUT2D eigenvalue weighted by atomic mass is 10.2. The summed E-state index contributed by atoms with van der Waals surface area (Å²) in [5, 5.41) is 0. The molecule has 90 valence electrons. The molecular weight excluding hydrogens is 244 g/mol. The lowest BCUT2D eigenvalue weighted by Gasteiger charge is -1.88.